The molecule has 0 radical (unpaired) electrons. The van der Waals surface area contributed by atoms with Gasteiger partial charge in [-0.1, -0.05) is 30.3 Å². The lowest BCUT2D eigenvalue weighted by Gasteiger charge is -2.29. The van der Waals surface area contributed by atoms with E-state index >= 15 is 0 Å². The number of piperidine rings is 1. The van der Waals surface area contributed by atoms with Gasteiger partial charge in [0.15, 0.2) is 0 Å². The lowest BCUT2D eigenvalue weighted by Crippen LogP contribution is -2.35. The lowest BCUT2D eigenvalue weighted by atomic mass is 9.99. The molecular weight excluding hydrogens is 356 g/mol. The number of fused-ring (bicyclic) bond motifs is 1. The van der Waals surface area contributed by atoms with Gasteiger partial charge in [-0.2, -0.15) is 0 Å². The molecule has 0 saturated carbocycles. The molecule has 6 nitrogen and oxygen atoms in total. The molecule has 0 unspecified atom stereocenters. The van der Waals surface area contributed by atoms with Gasteiger partial charge in [0.05, 0.1) is 11.7 Å². The number of rotatable bonds is 4. The highest BCUT2D eigenvalue weighted by atomic mass is 16.3. The summed E-state index contributed by atoms with van der Waals surface area (Å²) < 4.78 is 6.06. The topological polar surface area (TPSA) is 85.9 Å². The zero-order valence-corrected chi connectivity index (χ0v) is 15.8. The van der Waals surface area contributed by atoms with Crippen molar-refractivity contribution in [3.05, 3.63) is 53.6 Å². The van der Waals surface area contributed by atoms with Gasteiger partial charge in [0, 0.05) is 43.7 Å². The average molecular weight is 380 g/mol. The number of phenols is 1. The van der Waals surface area contributed by atoms with Crippen LogP contribution in [0.2, 0.25) is 0 Å². The average Bonchev–Trinajstić information content (AvgIpc) is 3.09. The van der Waals surface area contributed by atoms with Crippen molar-refractivity contribution in [2.45, 2.75) is 25.5 Å². The largest absolute Gasteiger partial charge is 0.508 e. The number of amides is 1. The Hall–Kier alpha value is -2.83. The number of furan rings is 1. The molecule has 0 spiro atoms. The fraction of sp³-hybridized carbons (Fsp3) is 0.318. The molecule has 146 valence electrons. The van der Waals surface area contributed by atoms with Gasteiger partial charge in [-0.25, -0.2) is 0 Å². The predicted octanol–water partition coefficient (Wildman–Crippen LogP) is 3.12. The minimum absolute atomic E-state index is 0.108. The number of benzene rings is 2. The van der Waals surface area contributed by atoms with Crippen LogP contribution in [0.1, 0.15) is 28.8 Å². The molecule has 3 aromatic rings. The van der Waals surface area contributed by atoms with Gasteiger partial charge in [0.25, 0.3) is 5.91 Å². The van der Waals surface area contributed by atoms with Crippen LogP contribution >= 0.6 is 0 Å². The van der Waals surface area contributed by atoms with E-state index in [4.69, 9.17) is 4.42 Å². The molecule has 1 amide bonds. The fourth-order valence-corrected chi connectivity index (χ4v) is 3.87. The standard InChI is InChI=1S/C22H24N2O4/c1-23-22(27)20-19-15(13-24-9-7-16(25)8-10-24)11-17(26)12-18(19)28-21(20)14-5-3-2-4-6-14/h2-6,11-12,16,25-26H,7-10,13H2,1H3,(H,23,27). The zero-order valence-electron chi connectivity index (χ0n) is 15.8. The normalized spacial score (nSPS) is 15.8. The summed E-state index contributed by atoms with van der Waals surface area (Å²) in [7, 11) is 1.60. The second-order valence-electron chi connectivity index (χ2n) is 7.24. The fourth-order valence-electron chi connectivity index (χ4n) is 3.87. The molecule has 2 aromatic carbocycles. The number of aliphatic hydroxyl groups is 1. The molecule has 3 N–H and O–H groups in total. The maximum absolute atomic E-state index is 12.8. The van der Waals surface area contributed by atoms with Gasteiger partial charge in [-0.15, -0.1) is 0 Å². The SMILES string of the molecule is CNC(=O)c1c(-c2ccccc2)oc2cc(O)cc(CN3CCC(O)CC3)c12. The minimum atomic E-state index is -0.250. The van der Waals surface area contributed by atoms with Crippen LogP contribution in [0.3, 0.4) is 0 Å². The van der Waals surface area contributed by atoms with Crippen molar-refractivity contribution in [2.24, 2.45) is 0 Å². The Morgan fingerprint density at radius 3 is 2.61 bits per heavy atom. The van der Waals surface area contributed by atoms with Gasteiger partial charge in [0.2, 0.25) is 0 Å². The predicted molar refractivity (Wildman–Crippen MR) is 107 cm³/mol. The highest BCUT2D eigenvalue weighted by Crippen LogP contribution is 2.38. The molecule has 6 heteroatoms. The Bertz CT molecular complexity index is 989. The quantitative estimate of drug-likeness (QED) is 0.647. The van der Waals surface area contributed by atoms with E-state index < -0.39 is 0 Å². The summed E-state index contributed by atoms with van der Waals surface area (Å²) in [4.78, 5) is 15.0. The molecule has 1 aromatic heterocycles. The number of likely N-dealkylation sites (tertiary alicyclic amines) is 1. The molecule has 0 atom stereocenters. The van der Waals surface area contributed by atoms with Gasteiger partial charge < -0.3 is 19.9 Å². The molecule has 4 rings (SSSR count). The summed E-state index contributed by atoms with van der Waals surface area (Å²) in [6.07, 6.45) is 1.20. The number of carbonyl (C=O) groups excluding carboxylic acids is 1. The van der Waals surface area contributed by atoms with Crippen LogP contribution in [0.25, 0.3) is 22.3 Å². The zero-order chi connectivity index (χ0) is 19.7. The highest BCUT2D eigenvalue weighted by molar-refractivity contribution is 6.12. The van der Waals surface area contributed by atoms with E-state index in [1.807, 2.05) is 30.3 Å². The Labute approximate surface area is 163 Å². The first kappa shape index (κ1) is 18.5. The van der Waals surface area contributed by atoms with Crippen LogP contribution in [0, 0.1) is 0 Å². The van der Waals surface area contributed by atoms with Crippen molar-refractivity contribution in [3.8, 4) is 17.1 Å². The minimum Gasteiger partial charge on any atom is -0.508 e. The van der Waals surface area contributed by atoms with Gasteiger partial charge in [-0.05, 0) is 24.5 Å². The van der Waals surface area contributed by atoms with E-state index in [-0.39, 0.29) is 17.8 Å². The van der Waals surface area contributed by atoms with Crippen molar-refractivity contribution < 1.29 is 19.4 Å². The van der Waals surface area contributed by atoms with Crippen LogP contribution in [0.4, 0.5) is 0 Å². The van der Waals surface area contributed by atoms with E-state index in [2.05, 4.69) is 10.2 Å². The smallest absolute Gasteiger partial charge is 0.255 e. The third-order valence-corrected chi connectivity index (χ3v) is 5.30. The summed E-state index contributed by atoms with van der Waals surface area (Å²) in [6, 6.07) is 12.8. The number of aliphatic hydroxyl groups excluding tert-OH is 1. The molecule has 2 heterocycles. The Morgan fingerprint density at radius 1 is 1.21 bits per heavy atom. The number of hydrogen-bond donors (Lipinski definition) is 3. The van der Waals surface area contributed by atoms with Crippen molar-refractivity contribution in [3.63, 3.8) is 0 Å². The lowest BCUT2D eigenvalue weighted by molar-refractivity contribution is 0.0794. The number of nitrogens with zero attached hydrogens (tertiary/aromatic N) is 1. The summed E-state index contributed by atoms with van der Waals surface area (Å²) in [5.74, 6) is 0.380. The maximum atomic E-state index is 12.8. The first-order valence-electron chi connectivity index (χ1n) is 9.53. The van der Waals surface area contributed by atoms with E-state index in [0.29, 0.717) is 23.5 Å². The second kappa shape index (κ2) is 7.66. The van der Waals surface area contributed by atoms with E-state index in [1.54, 1.807) is 19.2 Å². The monoisotopic (exact) mass is 380 g/mol. The third-order valence-electron chi connectivity index (χ3n) is 5.30. The molecule has 1 aliphatic rings. The molecule has 28 heavy (non-hydrogen) atoms. The van der Waals surface area contributed by atoms with Crippen molar-refractivity contribution >= 4 is 16.9 Å². The van der Waals surface area contributed by atoms with E-state index in [1.165, 1.54) is 0 Å². The third kappa shape index (κ3) is 3.48. The van der Waals surface area contributed by atoms with Crippen LogP contribution in [0.5, 0.6) is 5.75 Å². The van der Waals surface area contributed by atoms with Gasteiger partial charge in [-0.3, -0.25) is 9.69 Å². The Morgan fingerprint density at radius 2 is 1.93 bits per heavy atom. The highest BCUT2D eigenvalue weighted by Gasteiger charge is 2.26. The van der Waals surface area contributed by atoms with Gasteiger partial charge in [0.1, 0.15) is 17.1 Å². The molecule has 1 aliphatic heterocycles. The molecule has 0 bridgehead atoms. The van der Waals surface area contributed by atoms with Crippen molar-refractivity contribution in [2.75, 3.05) is 20.1 Å². The summed E-state index contributed by atoms with van der Waals surface area (Å²) in [5, 5.41) is 23.4. The number of nitrogens with one attached hydrogen (secondary N) is 1. The Balaban J connectivity index is 1.85. The summed E-state index contributed by atoms with van der Waals surface area (Å²) in [5.41, 5.74) is 2.62. The van der Waals surface area contributed by atoms with Crippen LogP contribution in [-0.2, 0) is 6.54 Å². The number of hydrogen-bond acceptors (Lipinski definition) is 5. The van der Waals surface area contributed by atoms with E-state index in [9.17, 15) is 15.0 Å². The summed E-state index contributed by atoms with van der Waals surface area (Å²) in [6.45, 7) is 2.13. The number of aromatic hydroxyl groups is 1. The van der Waals surface area contributed by atoms with E-state index in [0.717, 1.165) is 42.4 Å². The number of phenolic OH excluding ortho intramolecular Hbond substituents is 1. The number of carbonyl (C=O) groups is 1. The molecule has 1 saturated heterocycles. The van der Waals surface area contributed by atoms with Crippen LogP contribution < -0.4 is 5.32 Å². The first-order valence-corrected chi connectivity index (χ1v) is 9.53. The Kier molecular flexibility index (Phi) is 5.07. The first-order chi connectivity index (χ1) is 13.6. The second-order valence-corrected chi connectivity index (χ2v) is 7.24. The van der Waals surface area contributed by atoms with Crippen molar-refractivity contribution in [1.29, 1.82) is 0 Å². The summed E-state index contributed by atoms with van der Waals surface area (Å²) >= 11 is 0. The van der Waals surface area contributed by atoms with Gasteiger partial charge >= 0.3 is 0 Å². The van der Waals surface area contributed by atoms with Crippen molar-refractivity contribution in [1.82, 2.24) is 10.2 Å². The van der Waals surface area contributed by atoms with Crippen LogP contribution in [-0.4, -0.2) is 47.3 Å². The maximum Gasteiger partial charge on any atom is 0.255 e. The molecule has 0 aliphatic carbocycles. The van der Waals surface area contributed by atoms with Crippen LogP contribution in [0.15, 0.2) is 46.9 Å². The molecule has 1 fully saturated rings. The molecular formula is C22H24N2O4.